The molecule has 0 N–H and O–H groups in total. The molecule has 3 heteroatoms. The van der Waals surface area contributed by atoms with Gasteiger partial charge in [-0.25, -0.2) is 9.97 Å². The van der Waals surface area contributed by atoms with Gasteiger partial charge in [0, 0.05) is 5.69 Å². The molecule has 2 rings (SSSR count). The zero-order valence-electron chi connectivity index (χ0n) is 13.2. The maximum Gasteiger partial charge on any atom is 0.140 e. The van der Waals surface area contributed by atoms with E-state index < -0.39 is 0 Å². The van der Waals surface area contributed by atoms with Crippen LogP contribution in [0.3, 0.4) is 0 Å². The Hall–Kier alpha value is -1.41. The van der Waals surface area contributed by atoms with Crippen molar-refractivity contribution in [3.8, 4) is 0 Å². The maximum absolute atomic E-state index is 6.25. The minimum absolute atomic E-state index is 0.171. The molecule has 0 fully saturated rings. The Balaban J connectivity index is 2.63. The zero-order valence-corrected chi connectivity index (χ0v) is 14.0. The fraction of sp³-hybridized carbons (Fsp3) is 0.444. The predicted octanol–water partition coefficient (Wildman–Crippen LogP) is 5.36. The van der Waals surface area contributed by atoms with Crippen LogP contribution in [0.15, 0.2) is 36.4 Å². The summed E-state index contributed by atoms with van der Waals surface area (Å²) in [6.07, 6.45) is 1.90. The highest BCUT2D eigenvalue weighted by molar-refractivity contribution is 6.29. The summed E-state index contributed by atoms with van der Waals surface area (Å²) < 4.78 is 0. The predicted molar refractivity (Wildman–Crippen MR) is 88.9 cm³/mol. The van der Waals surface area contributed by atoms with Crippen molar-refractivity contribution in [1.82, 2.24) is 9.97 Å². The van der Waals surface area contributed by atoms with Gasteiger partial charge in [-0.15, -0.1) is 0 Å². The van der Waals surface area contributed by atoms with Crippen LogP contribution in [0.1, 0.15) is 63.5 Å². The second-order valence-corrected chi connectivity index (χ2v) is 6.14. The van der Waals surface area contributed by atoms with Gasteiger partial charge in [-0.2, -0.15) is 0 Å². The largest absolute Gasteiger partial charge is 0.237 e. The number of aromatic nitrogens is 2. The van der Waals surface area contributed by atoms with Crippen LogP contribution in [0.25, 0.3) is 0 Å². The Labute approximate surface area is 132 Å². The van der Waals surface area contributed by atoms with Gasteiger partial charge in [-0.1, -0.05) is 69.6 Å². The fourth-order valence-electron chi connectivity index (χ4n) is 2.81. The summed E-state index contributed by atoms with van der Waals surface area (Å²) in [5, 5.41) is 0.533. The first-order valence-corrected chi connectivity index (χ1v) is 8.01. The molecule has 0 saturated heterocycles. The molecule has 0 amide bonds. The van der Waals surface area contributed by atoms with Gasteiger partial charge < -0.3 is 0 Å². The third-order valence-electron chi connectivity index (χ3n) is 4.27. The van der Waals surface area contributed by atoms with Crippen LogP contribution in [-0.2, 0) is 5.41 Å². The summed E-state index contributed by atoms with van der Waals surface area (Å²) in [6.45, 7) is 8.64. The van der Waals surface area contributed by atoms with Crippen LogP contribution < -0.4 is 0 Å². The lowest BCUT2D eigenvalue weighted by Gasteiger charge is -2.31. The molecule has 0 aliphatic heterocycles. The van der Waals surface area contributed by atoms with E-state index in [0.717, 1.165) is 24.4 Å². The van der Waals surface area contributed by atoms with Crippen LogP contribution >= 0.6 is 11.6 Å². The Kier molecular flexibility index (Phi) is 5.00. The summed E-state index contributed by atoms with van der Waals surface area (Å²) in [7, 11) is 0. The van der Waals surface area contributed by atoms with E-state index >= 15 is 0 Å². The number of hydrogen-bond donors (Lipinski definition) is 0. The summed E-state index contributed by atoms with van der Waals surface area (Å²) in [5.41, 5.74) is 2.09. The van der Waals surface area contributed by atoms with Gasteiger partial charge in [0.1, 0.15) is 11.0 Å². The molecule has 0 aliphatic carbocycles. The van der Waals surface area contributed by atoms with Crippen molar-refractivity contribution in [2.45, 2.75) is 51.9 Å². The molecule has 2 aromatic rings. The summed E-state index contributed by atoms with van der Waals surface area (Å²) in [6, 6.07) is 12.4. The molecule has 0 bridgehead atoms. The van der Waals surface area contributed by atoms with E-state index in [4.69, 9.17) is 16.6 Å². The Morgan fingerprint density at radius 2 is 1.67 bits per heavy atom. The van der Waals surface area contributed by atoms with Crippen LogP contribution in [0, 0.1) is 0 Å². The van der Waals surface area contributed by atoms with Gasteiger partial charge in [0.2, 0.25) is 0 Å². The van der Waals surface area contributed by atoms with Crippen LogP contribution in [0.5, 0.6) is 0 Å². The molecule has 0 spiro atoms. The third-order valence-corrected chi connectivity index (χ3v) is 4.46. The van der Waals surface area contributed by atoms with Crippen molar-refractivity contribution in [3.63, 3.8) is 0 Å². The second kappa shape index (κ2) is 6.57. The van der Waals surface area contributed by atoms with Crippen LogP contribution in [0.2, 0.25) is 5.15 Å². The lowest BCUT2D eigenvalue weighted by molar-refractivity contribution is 0.446. The molecule has 1 heterocycles. The quantitative estimate of drug-likeness (QED) is 0.695. The van der Waals surface area contributed by atoms with Crippen molar-refractivity contribution < 1.29 is 0 Å². The van der Waals surface area contributed by atoms with E-state index in [9.17, 15) is 0 Å². The van der Waals surface area contributed by atoms with Gasteiger partial charge >= 0.3 is 0 Å². The number of rotatable bonds is 5. The van der Waals surface area contributed by atoms with Crippen molar-refractivity contribution in [3.05, 3.63) is 58.6 Å². The molecular formula is C18H23ClN2. The molecule has 0 unspecified atom stereocenters. The van der Waals surface area contributed by atoms with E-state index in [2.05, 4.69) is 56.9 Å². The minimum Gasteiger partial charge on any atom is -0.237 e. The Morgan fingerprint density at radius 3 is 2.19 bits per heavy atom. The number of halogens is 1. The van der Waals surface area contributed by atoms with Crippen molar-refractivity contribution in [2.75, 3.05) is 0 Å². The summed E-state index contributed by atoms with van der Waals surface area (Å²) >= 11 is 6.25. The number of benzene rings is 1. The first-order valence-electron chi connectivity index (χ1n) is 7.64. The maximum atomic E-state index is 6.25. The molecule has 21 heavy (non-hydrogen) atoms. The minimum atomic E-state index is -0.171. The third kappa shape index (κ3) is 3.11. The van der Waals surface area contributed by atoms with E-state index in [0.29, 0.717) is 11.1 Å². The van der Waals surface area contributed by atoms with E-state index in [1.165, 1.54) is 5.56 Å². The Morgan fingerprint density at radius 1 is 1.05 bits per heavy atom. The van der Waals surface area contributed by atoms with Gasteiger partial charge in [0.15, 0.2) is 0 Å². The van der Waals surface area contributed by atoms with E-state index in [-0.39, 0.29) is 5.41 Å². The van der Waals surface area contributed by atoms with Crippen molar-refractivity contribution in [2.24, 2.45) is 0 Å². The normalized spacial score (nSPS) is 11.9. The first-order chi connectivity index (χ1) is 10.0. The summed E-state index contributed by atoms with van der Waals surface area (Å²) in [4.78, 5) is 9.39. The average Bonchev–Trinajstić information content (AvgIpc) is 2.50. The molecule has 0 atom stereocenters. The second-order valence-electron chi connectivity index (χ2n) is 5.75. The van der Waals surface area contributed by atoms with E-state index in [1.54, 1.807) is 0 Å². The zero-order chi connectivity index (χ0) is 15.5. The average molecular weight is 303 g/mol. The van der Waals surface area contributed by atoms with Crippen molar-refractivity contribution in [1.29, 1.82) is 0 Å². The standard InChI is InChI=1S/C18H23ClN2/c1-5-18(6-2,14-10-8-7-9-11-14)17-20-15(13(3)4)12-16(19)21-17/h7-13H,5-6H2,1-4H3. The summed E-state index contributed by atoms with van der Waals surface area (Å²) in [5.74, 6) is 1.18. The van der Waals surface area contributed by atoms with Crippen molar-refractivity contribution >= 4 is 11.6 Å². The fourth-order valence-corrected chi connectivity index (χ4v) is 3.00. The van der Waals surface area contributed by atoms with Gasteiger partial charge in [-0.3, -0.25) is 0 Å². The number of nitrogens with zero attached hydrogens (tertiary/aromatic N) is 2. The molecule has 112 valence electrons. The highest BCUT2D eigenvalue weighted by Crippen LogP contribution is 2.37. The SMILES string of the molecule is CCC(CC)(c1ccccc1)c1nc(Cl)cc(C(C)C)n1. The first kappa shape index (κ1) is 16.0. The van der Waals surface area contributed by atoms with Crippen LogP contribution in [-0.4, -0.2) is 9.97 Å². The van der Waals surface area contributed by atoms with Gasteiger partial charge in [-0.05, 0) is 30.4 Å². The number of hydrogen-bond acceptors (Lipinski definition) is 2. The topological polar surface area (TPSA) is 25.8 Å². The van der Waals surface area contributed by atoms with Gasteiger partial charge in [0.25, 0.3) is 0 Å². The monoisotopic (exact) mass is 302 g/mol. The highest BCUT2D eigenvalue weighted by atomic mass is 35.5. The van der Waals surface area contributed by atoms with Crippen LogP contribution in [0.4, 0.5) is 0 Å². The molecule has 1 aromatic carbocycles. The molecular weight excluding hydrogens is 280 g/mol. The lowest BCUT2D eigenvalue weighted by Crippen LogP contribution is -2.29. The van der Waals surface area contributed by atoms with Gasteiger partial charge in [0.05, 0.1) is 5.41 Å². The Bertz CT molecular complexity index is 589. The van der Waals surface area contributed by atoms with E-state index in [1.807, 2.05) is 12.1 Å². The highest BCUT2D eigenvalue weighted by Gasteiger charge is 2.34. The molecule has 1 aromatic heterocycles. The molecule has 0 radical (unpaired) electrons. The smallest absolute Gasteiger partial charge is 0.140 e. The molecule has 0 saturated carbocycles. The molecule has 2 nitrogen and oxygen atoms in total. The molecule has 0 aliphatic rings. The lowest BCUT2D eigenvalue weighted by atomic mass is 9.75.